The Morgan fingerprint density at radius 2 is 1.81 bits per heavy atom. The first kappa shape index (κ1) is 16.3. The monoisotopic (exact) mass is 332 g/mol. The molecular weight excluding hydrogens is 312 g/mol. The Balaban J connectivity index is 2.19. The van der Waals surface area contributed by atoms with Crippen LogP contribution in [-0.2, 0) is 19.9 Å². The smallest absolute Gasteiger partial charge is 0.240 e. The Morgan fingerprint density at radius 3 is 2.38 bits per heavy atom. The third-order valence-electron chi connectivity index (χ3n) is 3.70. The van der Waals surface area contributed by atoms with Crippen molar-refractivity contribution < 1.29 is 16.8 Å². The number of sulfone groups is 1. The van der Waals surface area contributed by atoms with Gasteiger partial charge in [-0.1, -0.05) is 6.07 Å². The fraction of sp³-hybridized carbons (Fsp3) is 0.538. The summed E-state index contributed by atoms with van der Waals surface area (Å²) in [5.74, 6) is 0.358. The van der Waals surface area contributed by atoms with Crippen molar-refractivity contribution >= 4 is 25.5 Å². The topological polar surface area (TPSA) is 92.3 Å². The van der Waals surface area contributed by atoms with Crippen molar-refractivity contribution in [2.24, 2.45) is 0 Å². The van der Waals surface area contributed by atoms with Crippen LogP contribution in [0.4, 0.5) is 5.69 Å². The minimum atomic E-state index is -3.48. The minimum Gasteiger partial charge on any atom is -0.382 e. The summed E-state index contributed by atoms with van der Waals surface area (Å²) < 4.78 is 48.8. The molecule has 6 nitrogen and oxygen atoms in total. The summed E-state index contributed by atoms with van der Waals surface area (Å²) >= 11 is 0. The lowest BCUT2D eigenvalue weighted by Gasteiger charge is -2.25. The molecule has 0 saturated carbocycles. The first-order chi connectivity index (χ1) is 9.73. The number of hydrogen-bond acceptors (Lipinski definition) is 5. The predicted octanol–water partition coefficient (Wildman–Crippen LogP) is 0.892. The summed E-state index contributed by atoms with van der Waals surface area (Å²) in [4.78, 5) is 0.196. The highest BCUT2D eigenvalue weighted by Crippen LogP contribution is 2.23. The fourth-order valence-corrected chi connectivity index (χ4v) is 4.54. The first-order valence-electron chi connectivity index (χ1n) is 6.75. The Bertz CT molecular complexity index is 713. The summed E-state index contributed by atoms with van der Waals surface area (Å²) in [6, 6.07) is 4.94. The van der Waals surface area contributed by atoms with E-state index in [1.165, 1.54) is 7.05 Å². The molecule has 1 heterocycles. The van der Waals surface area contributed by atoms with Crippen molar-refractivity contribution in [3.63, 3.8) is 0 Å². The second-order valence-electron chi connectivity index (χ2n) is 5.25. The van der Waals surface area contributed by atoms with E-state index in [0.29, 0.717) is 12.8 Å². The van der Waals surface area contributed by atoms with Crippen LogP contribution in [0.25, 0.3) is 0 Å². The van der Waals surface area contributed by atoms with Gasteiger partial charge in [0.15, 0.2) is 0 Å². The van der Waals surface area contributed by atoms with Gasteiger partial charge in [0.25, 0.3) is 0 Å². The van der Waals surface area contributed by atoms with Gasteiger partial charge in [-0.2, -0.15) is 0 Å². The lowest BCUT2D eigenvalue weighted by molar-refractivity contribution is 0.559. The van der Waals surface area contributed by atoms with Gasteiger partial charge in [-0.3, -0.25) is 0 Å². The van der Waals surface area contributed by atoms with Gasteiger partial charge in [0.2, 0.25) is 10.0 Å². The van der Waals surface area contributed by atoms with Gasteiger partial charge >= 0.3 is 0 Å². The average molecular weight is 332 g/mol. The van der Waals surface area contributed by atoms with E-state index in [4.69, 9.17) is 0 Å². The SMILES string of the molecule is CNS(=O)(=O)c1ccc(C)c(NC2CCS(=O)(=O)CC2)c1. The van der Waals surface area contributed by atoms with E-state index in [1.807, 2.05) is 6.92 Å². The zero-order valence-electron chi connectivity index (χ0n) is 12.1. The number of benzene rings is 1. The molecule has 118 valence electrons. The van der Waals surface area contributed by atoms with Crippen molar-refractivity contribution in [1.82, 2.24) is 4.72 Å². The van der Waals surface area contributed by atoms with Gasteiger partial charge in [-0.05, 0) is 44.5 Å². The molecule has 0 unspecified atom stereocenters. The number of aryl methyl sites for hydroxylation is 1. The summed E-state index contributed by atoms with van der Waals surface area (Å²) in [5, 5.41) is 3.27. The van der Waals surface area contributed by atoms with Crippen LogP contribution in [0.3, 0.4) is 0 Å². The molecule has 0 bridgehead atoms. The molecule has 0 amide bonds. The Labute approximate surface area is 125 Å². The summed E-state index contributed by atoms with van der Waals surface area (Å²) in [6.07, 6.45) is 1.09. The van der Waals surface area contributed by atoms with E-state index in [2.05, 4.69) is 10.0 Å². The number of anilines is 1. The molecule has 2 N–H and O–H groups in total. The summed E-state index contributed by atoms with van der Waals surface area (Å²) in [6.45, 7) is 1.89. The van der Waals surface area contributed by atoms with Crippen LogP contribution in [0.15, 0.2) is 23.1 Å². The molecule has 0 spiro atoms. The number of nitrogens with one attached hydrogen (secondary N) is 2. The second-order valence-corrected chi connectivity index (χ2v) is 9.44. The normalized spacial score (nSPS) is 19.3. The molecule has 0 aliphatic carbocycles. The van der Waals surface area contributed by atoms with E-state index < -0.39 is 19.9 Å². The van der Waals surface area contributed by atoms with Crippen LogP contribution >= 0.6 is 0 Å². The molecule has 1 saturated heterocycles. The van der Waals surface area contributed by atoms with Crippen LogP contribution in [0.5, 0.6) is 0 Å². The van der Waals surface area contributed by atoms with E-state index in [-0.39, 0.29) is 22.4 Å². The van der Waals surface area contributed by atoms with Crippen LogP contribution in [0.2, 0.25) is 0 Å². The maximum Gasteiger partial charge on any atom is 0.240 e. The number of sulfonamides is 1. The van der Waals surface area contributed by atoms with E-state index in [9.17, 15) is 16.8 Å². The fourth-order valence-electron chi connectivity index (χ4n) is 2.30. The van der Waals surface area contributed by atoms with Crippen molar-refractivity contribution in [1.29, 1.82) is 0 Å². The molecule has 0 atom stereocenters. The molecule has 21 heavy (non-hydrogen) atoms. The molecule has 8 heteroatoms. The van der Waals surface area contributed by atoms with E-state index >= 15 is 0 Å². The first-order valence-corrected chi connectivity index (χ1v) is 10.1. The highest BCUT2D eigenvalue weighted by atomic mass is 32.2. The third-order valence-corrected chi connectivity index (χ3v) is 6.83. The zero-order chi connectivity index (χ0) is 15.7. The number of rotatable bonds is 4. The van der Waals surface area contributed by atoms with Gasteiger partial charge in [-0.25, -0.2) is 21.6 Å². The zero-order valence-corrected chi connectivity index (χ0v) is 13.7. The maximum atomic E-state index is 11.8. The van der Waals surface area contributed by atoms with E-state index in [0.717, 1.165) is 11.3 Å². The van der Waals surface area contributed by atoms with E-state index in [1.54, 1.807) is 18.2 Å². The van der Waals surface area contributed by atoms with Gasteiger partial charge in [0, 0.05) is 11.7 Å². The van der Waals surface area contributed by atoms with Gasteiger partial charge in [0.05, 0.1) is 16.4 Å². The second kappa shape index (κ2) is 5.94. The molecule has 1 aliphatic rings. The molecule has 1 aliphatic heterocycles. The van der Waals surface area contributed by atoms with Crippen LogP contribution in [-0.4, -0.2) is 41.4 Å². The van der Waals surface area contributed by atoms with Gasteiger partial charge in [-0.15, -0.1) is 0 Å². The lowest BCUT2D eigenvalue weighted by atomic mass is 10.1. The predicted molar refractivity (Wildman–Crippen MR) is 82.7 cm³/mol. The molecule has 1 fully saturated rings. The largest absolute Gasteiger partial charge is 0.382 e. The van der Waals surface area contributed by atoms with Gasteiger partial charge < -0.3 is 5.32 Å². The quantitative estimate of drug-likeness (QED) is 0.854. The van der Waals surface area contributed by atoms with Crippen molar-refractivity contribution in [3.05, 3.63) is 23.8 Å². The average Bonchev–Trinajstić information content (AvgIpc) is 2.43. The van der Waals surface area contributed by atoms with Crippen molar-refractivity contribution in [2.45, 2.75) is 30.7 Å². The minimum absolute atomic E-state index is 0.0553. The molecule has 2 rings (SSSR count). The third kappa shape index (κ3) is 3.96. The highest BCUT2D eigenvalue weighted by Gasteiger charge is 2.24. The molecule has 0 aromatic heterocycles. The molecular formula is C13H20N2O4S2. The van der Waals surface area contributed by atoms with Crippen molar-refractivity contribution in [3.8, 4) is 0 Å². The maximum absolute atomic E-state index is 11.8. The molecule has 1 aromatic rings. The van der Waals surface area contributed by atoms with Crippen LogP contribution < -0.4 is 10.0 Å². The van der Waals surface area contributed by atoms with Crippen LogP contribution in [0, 0.1) is 6.92 Å². The summed E-state index contributed by atoms with van der Waals surface area (Å²) in [7, 11) is -5.01. The Morgan fingerprint density at radius 1 is 1.19 bits per heavy atom. The standard InChI is InChI=1S/C13H20N2O4S2/c1-10-3-4-12(21(18,19)14-2)9-13(10)15-11-5-7-20(16,17)8-6-11/h3-4,9,11,14-15H,5-8H2,1-2H3. The Kier molecular flexibility index (Phi) is 4.60. The van der Waals surface area contributed by atoms with Crippen LogP contribution in [0.1, 0.15) is 18.4 Å². The molecule has 1 aromatic carbocycles. The lowest BCUT2D eigenvalue weighted by Crippen LogP contribution is -2.32. The summed E-state index contributed by atoms with van der Waals surface area (Å²) in [5.41, 5.74) is 1.66. The van der Waals surface area contributed by atoms with Gasteiger partial charge in [0.1, 0.15) is 9.84 Å². The van der Waals surface area contributed by atoms with Crippen molar-refractivity contribution in [2.75, 3.05) is 23.9 Å². The highest BCUT2D eigenvalue weighted by molar-refractivity contribution is 7.91. The number of hydrogen-bond donors (Lipinski definition) is 2. The molecule has 0 radical (unpaired) electrons. The Hall–Kier alpha value is -1.12.